The van der Waals surface area contributed by atoms with Gasteiger partial charge < -0.3 is 9.64 Å². The van der Waals surface area contributed by atoms with Gasteiger partial charge in [0, 0.05) is 5.41 Å². The van der Waals surface area contributed by atoms with Gasteiger partial charge in [-0.2, -0.15) is 0 Å². The van der Waals surface area contributed by atoms with Crippen LogP contribution in [-0.2, 0) is 0 Å². The smallest absolute Gasteiger partial charge is 0.123 e. The Hall–Kier alpha value is -1.94. The first kappa shape index (κ1) is 18.8. The van der Waals surface area contributed by atoms with Crippen LogP contribution in [0.5, 0.6) is 5.75 Å². The van der Waals surface area contributed by atoms with Crippen LogP contribution in [0, 0.1) is 11.2 Å². The molecule has 0 radical (unpaired) electrons. The summed E-state index contributed by atoms with van der Waals surface area (Å²) in [6.45, 7) is 6.45. The van der Waals surface area contributed by atoms with Crippen LogP contribution in [-0.4, -0.2) is 17.0 Å². The van der Waals surface area contributed by atoms with Crippen molar-refractivity contribution >= 4 is 17.2 Å². The van der Waals surface area contributed by atoms with E-state index in [4.69, 9.17) is 17.0 Å². The Bertz CT molecular complexity index is 781. The summed E-state index contributed by atoms with van der Waals surface area (Å²) >= 11 is 5.91. The van der Waals surface area contributed by atoms with Gasteiger partial charge in [0.25, 0.3) is 0 Å². The maximum absolute atomic E-state index is 13.4. The fourth-order valence-electron chi connectivity index (χ4n) is 3.67. The fourth-order valence-corrected chi connectivity index (χ4v) is 3.92. The van der Waals surface area contributed by atoms with E-state index in [2.05, 4.69) is 37.8 Å². The molecule has 0 amide bonds. The average molecular weight is 372 g/mol. The maximum atomic E-state index is 13.4. The van der Waals surface area contributed by atoms with E-state index >= 15 is 0 Å². The molecule has 2 atom stereocenters. The lowest BCUT2D eigenvalue weighted by atomic mass is 9.93. The van der Waals surface area contributed by atoms with Crippen LogP contribution >= 0.6 is 12.2 Å². The number of ether oxygens (including phenoxy) is 1. The van der Waals surface area contributed by atoms with Crippen molar-refractivity contribution < 1.29 is 9.13 Å². The molecule has 4 heteroatoms. The van der Waals surface area contributed by atoms with E-state index in [0.717, 1.165) is 29.1 Å². The Morgan fingerprint density at radius 2 is 1.65 bits per heavy atom. The number of likely N-dealkylation sites (tertiary alicyclic amines) is 1. The molecule has 138 valence electrons. The molecule has 2 aromatic rings. The van der Waals surface area contributed by atoms with Gasteiger partial charge >= 0.3 is 0 Å². The summed E-state index contributed by atoms with van der Waals surface area (Å²) < 4.78 is 18.8. The van der Waals surface area contributed by atoms with Crippen LogP contribution in [0.4, 0.5) is 4.39 Å². The Kier molecular flexibility index (Phi) is 5.33. The second kappa shape index (κ2) is 7.36. The number of methoxy groups -OCH3 is 1. The van der Waals surface area contributed by atoms with Gasteiger partial charge in [-0.25, -0.2) is 4.39 Å². The monoisotopic (exact) mass is 371 g/mol. The highest BCUT2D eigenvalue weighted by Gasteiger charge is 2.40. The number of thiocarbonyl (C=S) groups is 1. The Labute approximate surface area is 161 Å². The third-order valence-corrected chi connectivity index (χ3v) is 5.82. The summed E-state index contributed by atoms with van der Waals surface area (Å²) in [5.74, 6) is 0.649. The van der Waals surface area contributed by atoms with Crippen molar-refractivity contribution in [1.29, 1.82) is 0 Å². The largest absolute Gasteiger partial charge is 0.497 e. The summed E-state index contributed by atoms with van der Waals surface area (Å²) in [7, 11) is 1.69. The number of nitrogens with zero attached hydrogens (tertiary/aromatic N) is 1. The zero-order valence-corrected chi connectivity index (χ0v) is 16.6. The third-order valence-electron chi connectivity index (χ3n) is 4.99. The zero-order chi connectivity index (χ0) is 18.9. The van der Waals surface area contributed by atoms with Gasteiger partial charge in [0.1, 0.15) is 11.6 Å². The van der Waals surface area contributed by atoms with E-state index in [0.29, 0.717) is 0 Å². The van der Waals surface area contributed by atoms with Crippen LogP contribution in [0.3, 0.4) is 0 Å². The molecule has 1 aliphatic heterocycles. The van der Waals surface area contributed by atoms with Crippen LogP contribution < -0.4 is 4.74 Å². The molecule has 0 N–H and O–H groups in total. The van der Waals surface area contributed by atoms with E-state index in [-0.39, 0.29) is 23.3 Å². The molecule has 2 aromatic carbocycles. The van der Waals surface area contributed by atoms with Gasteiger partial charge in [0.15, 0.2) is 0 Å². The molecule has 2 nitrogen and oxygen atoms in total. The van der Waals surface area contributed by atoms with E-state index in [9.17, 15) is 4.39 Å². The minimum Gasteiger partial charge on any atom is -0.497 e. The maximum Gasteiger partial charge on any atom is 0.123 e. The minimum atomic E-state index is -0.207. The van der Waals surface area contributed by atoms with Crippen molar-refractivity contribution in [1.82, 2.24) is 4.90 Å². The lowest BCUT2D eigenvalue weighted by Gasteiger charge is -2.38. The quantitative estimate of drug-likeness (QED) is 0.606. The van der Waals surface area contributed by atoms with Crippen molar-refractivity contribution in [3.8, 4) is 5.75 Å². The van der Waals surface area contributed by atoms with Gasteiger partial charge in [0.2, 0.25) is 0 Å². The van der Waals surface area contributed by atoms with Crippen molar-refractivity contribution in [3.63, 3.8) is 0 Å². The molecule has 1 saturated heterocycles. The predicted octanol–water partition coefficient (Wildman–Crippen LogP) is 6.09. The van der Waals surface area contributed by atoms with Gasteiger partial charge in [-0.1, -0.05) is 57.3 Å². The summed E-state index contributed by atoms with van der Waals surface area (Å²) in [6, 6.07) is 15.4. The Morgan fingerprint density at radius 1 is 1.04 bits per heavy atom. The summed E-state index contributed by atoms with van der Waals surface area (Å²) in [4.78, 5) is 3.30. The molecule has 0 aliphatic carbocycles. The van der Waals surface area contributed by atoms with Crippen molar-refractivity contribution in [2.75, 3.05) is 7.11 Å². The average Bonchev–Trinajstić information content (AvgIpc) is 3.05. The third kappa shape index (κ3) is 3.75. The highest BCUT2D eigenvalue weighted by molar-refractivity contribution is 7.80. The second-order valence-corrected chi connectivity index (χ2v) is 8.29. The van der Waals surface area contributed by atoms with Crippen LogP contribution in [0.25, 0.3) is 0 Å². The first-order valence-electron chi connectivity index (χ1n) is 9.03. The lowest BCUT2D eigenvalue weighted by Crippen LogP contribution is -2.39. The Morgan fingerprint density at radius 3 is 2.23 bits per heavy atom. The summed E-state index contributed by atoms with van der Waals surface area (Å²) in [5.41, 5.74) is 2.21. The van der Waals surface area contributed by atoms with Crippen LogP contribution in [0.1, 0.15) is 56.8 Å². The van der Waals surface area contributed by atoms with E-state index in [1.165, 1.54) is 17.7 Å². The molecule has 1 heterocycles. The highest BCUT2D eigenvalue weighted by atomic mass is 32.1. The second-order valence-electron chi connectivity index (χ2n) is 7.90. The fraction of sp³-hybridized carbons (Fsp3) is 0.409. The van der Waals surface area contributed by atoms with Crippen molar-refractivity contribution in [2.45, 2.75) is 45.7 Å². The lowest BCUT2D eigenvalue weighted by molar-refractivity contribution is 0.297. The first-order chi connectivity index (χ1) is 12.3. The standard InChI is InChI=1S/C22H26FNOS/c1-22(2,3)21(26)24-19(15-8-10-17(23)11-9-15)12-13-20(24)16-6-5-7-18(14-16)25-4/h5-11,14,19-20H,12-13H2,1-4H3/t19-,20-/m1/s1. The van der Waals surface area contributed by atoms with Crippen molar-refractivity contribution in [3.05, 3.63) is 65.5 Å². The van der Waals surface area contributed by atoms with E-state index in [1.54, 1.807) is 7.11 Å². The molecular weight excluding hydrogens is 345 g/mol. The van der Waals surface area contributed by atoms with E-state index in [1.807, 2.05) is 24.3 Å². The normalized spacial score (nSPS) is 20.3. The zero-order valence-electron chi connectivity index (χ0n) is 15.8. The molecule has 0 spiro atoms. The van der Waals surface area contributed by atoms with Crippen LogP contribution in [0.15, 0.2) is 48.5 Å². The molecule has 0 saturated carbocycles. The van der Waals surface area contributed by atoms with E-state index < -0.39 is 0 Å². The molecule has 0 bridgehead atoms. The first-order valence-corrected chi connectivity index (χ1v) is 9.44. The van der Waals surface area contributed by atoms with Gasteiger partial charge in [0.05, 0.1) is 24.2 Å². The number of hydrogen-bond acceptors (Lipinski definition) is 2. The molecule has 0 unspecified atom stereocenters. The number of halogens is 1. The Balaban J connectivity index is 2.01. The predicted molar refractivity (Wildman–Crippen MR) is 108 cm³/mol. The van der Waals surface area contributed by atoms with Crippen LogP contribution in [0.2, 0.25) is 0 Å². The van der Waals surface area contributed by atoms with Gasteiger partial charge in [-0.15, -0.1) is 0 Å². The highest BCUT2D eigenvalue weighted by Crippen LogP contribution is 2.46. The van der Waals surface area contributed by atoms with Gasteiger partial charge in [-0.3, -0.25) is 0 Å². The molecule has 1 aliphatic rings. The summed E-state index contributed by atoms with van der Waals surface area (Å²) in [6.07, 6.45) is 2.00. The number of benzene rings is 2. The molecule has 26 heavy (non-hydrogen) atoms. The summed E-state index contributed by atoms with van der Waals surface area (Å²) in [5, 5.41) is 0. The van der Waals surface area contributed by atoms with Gasteiger partial charge in [-0.05, 0) is 48.2 Å². The molecule has 1 fully saturated rings. The molecular formula is C22H26FNOS. The molecule has 3 rings (SSSR count). The van der Waals surface area contributed by atoms with Crippen molar-refractivity contribution in [2.24, 2.45) is 5.41 Å². The SMILES string of the molecule is COc1cccc([C@H]2CC[C@H](c3ccc(F)cc3)N2C(=S)C(C)(C)C)c1. The number of rotatable bonds is 3. The number of hydrogen-bond donors (Lipinski definition) is 0. The molecule has 0 aromatic heterocycles. The topological polar surface area (TPSA) is 12.5 Å². The minimum absolute atomic E-state index is 0.116.